The molecule has 1 amide bonds. The van der Waals surface area contributed by atoms with Crippen LogP contribution < -0.4 is 5.32 Å². The van der Waals surface area contributed by atoms with Gasteiger partial charge in [-0.05, 0) is 42.5 Å². The lowest BCUT2D eigenvalue weighted by Crippen LogP contribution is -2.11. The van der Waals surface area contributed by atoms with Gasteiger partial charge in [0.15, 0.2) is 0 Å². The molecule has 3 heterocycles. The van der Waals surface area contributed by atoms with E-state index >= 15 is 0 Å². The van der Waals surface area contributed by atoms with Gasteiger partial charge in [0, 0.05) is 34.6 Å². The summed E-state index contributed by atoms with van der Waals surface area (Å²) in [5.41, 5.74) is 4.82. The fourth-order valence-corrected chi connectivity index (χ4v) is 3.22. The van der Waals surface area contributed by atoms with E-state index in [-0.39, 0.29) is 5.91 Å². The third-order valence-electron chi connectivity index (χ3n) is 4.62. The van der Waals surface area contributed by atoms with Gasteiger partial charge in [-0.15, -0.1) is 0 Å². The maximum atomic E-state index is 12.7. The van der Waals surface area contributed by atoms with Crippen molar-refractivity contribution in [1.82, 2.24) is 20.0 Å². The number of H-pyrrole nitrogens is 1. The molecule has 0 atom stereocenters. The Kier molecular flexibility index (Phi) is 3.33. The molecule has 3 aromatic heterocycles. The number of amides is 1. The molecule has 0 aliphatic rings. The quantitative estimate of drug-likeness (QED) is 0.511. The lowest BCUT2D eigenvalue weighted by Gasteiger charge is -2.06. The van der Waals surface area contributed by atoms with Gasteiger partial charge in [0.1, 0.15) is 5.69 Å². The Morgan fingerprint density at radius 3 is 2.96 bits per heavy atom. The van der Waals surface area contributed by atoms with E-state index in [1.165, 1.54) is 0 Å². The fourth-order valence-electron chi connectivity index (χ4n) is 3.22. The zero-order valence-corrected chi connectivity index (χ0v) is 14.4. The van der Waals surface area contributed by atoms with Gasteiger partial charge in [0.05, 0.1) is 29.8 Å². The first kappa shape index (κ1) is 15.4. The molecule has 0 fully saturated rings. The van der Waals surface area contributed by atoms with Crippen LogP contribution in [-0.4, -0.2) is 25.9 Å². The first-order chi connectivity index (χ1) is 13.2. The molecule has 5 rings (SSSR count). The van der Waals surface area contributed by atoms with Crippen molar-refractivity contribution in [3.05, 3.63) is 66.8 Å². The first-order valence-corrected chi connectivity index (χ1v) is 8.43. The largest absolute Gasteiger partial charge is 0.472 e. The zero-order chi connectivity index (χ0) is 18.4. The van der Waals surface area contributed by atoms with Gasteiger partial charge in [0.2, 0.25) is 0 Å². The Labute approximate surface area is 153 Å². The number of rotatable bonds is 3. The number of fused-ring (bicyclic) bond motifs is 2. The minimum atomic E-state index is -0.173. The van der Waals surface area contributed by atoms with Gasteiger partial charge in [-0.1, -0.05) is 0 Å². The van der Waals surface area contributed by atoms with Crippen LogP contribution in [0.4, 0.5) is 5.69 Å². The minimum absolute atomic E-state index is 0.173. The van der Waals surface area contributed by atoms with Crippen LogP contribution in [0.15, 0.2) is 65.6 Å². The number of carbonyl (C=O) groups excluding carboxylic acids is 1. The summed E-state index contributed by atoms with van der Waals surface area (Å²) >= 11 is 0. The number of benzene rings is 2. The molecule has 132 valence electrons. The highest BCUT2D eigenvalue weighted by atomic mass is 16.3. The Balaban J connectivity index is 1.48. The molecule has 7 heteroatoms. The van der Waals surface area contributed by atoms with Crippen molar-refractivity contribution in [2.45, 2.75) is 0 Å². The van der Waals surface area contributed by atoms with Crippen LogP contribution in [0.3, 0.4) is 0 Å². The van der Waals surface area contributed by atoms with Crippen LogP contribution in [-0.2, 0) is 7.05 Å². The van der Waals surface area contributed by atoms with E-state index < -0.39 is 0 Å². The second-order valence-corrected chi connectivity index (χ2v) is 6.34. The van der Waals surface area contributed by atoms with Gasteiger partial charge in [-0.3, -0.25) is 14.6 Å². The van der Waals surface area contributed by atoms with Crippen LogP contribution >= 0.6 is 0 Å². The van der Waals surface area contributed by atoms with Crippen LogP contribution in [0.2, 0.25) is 0 Å². The minimum Gasteiger partial charge on any atom is -0.472 e. The SMILES string of the molecule is Cn1ncc2cc(C(=O)Nc3ccc4[nH]nc(-c5ccoc5)c4c3)ccc21. The molecular weight excluding hydrogens is 342 g/mol. The maximum absolute atomic E-state index is 12.7. The molecule has 5 aromatic rings. The predicted molar refractivity (Wildman–Crippen MR) is 102 cm³/mol. The predicted octanol–water partition coefficient (Wildman–Crippen LogP) is 3.96. The Morgan fingerprint density at radius 2 is 2.11 bits per heavy atom. The average Bonchev–Trinajstić information content (AvgIpc) is 3.41. The number of furan rings is 1. The topological polar surface area (TPSA) is 88.7 Å². The second-order valence-electron chi connectivity index (χ2n) is 6.34. The van der Waals surface area contributed by atoms with Gasteiger partial charge in [0.25, 0.3) is 5.91 Å². The highest BCUT2D eigenvalue weighted by Crippen LogP contribution is 2.29. The standard InChI is InChI=1S/C20H15N5O2/c1-25-18-5-2-12(8-14(18)10-21-25)20(26)22-15-3-4-17-16(9-15)19(24-23-17)13-6-7-27-11-13/h2-11H,1H3,(H,22,26)(H,23,24). The van der Waals surface area contributed by atoms with Crippen LogP contribution in [0, 0.1) is 0 Å². The molecule has 0 saturated carbocycles. The summed E-state index contributed by atoms with van der Waals surface area (Å²) in [7, 11) is 1.87. The number of nitrogens with one attached hydrogen (secondary N) is 2. The van der Waals surface area contributed by atoms with Crippen molar-refractivity contribution in [1.29, 1.82) is 0 Å². The maximum Gasteiger partial charge on any atom is 0.255 e. The monoisotopic (exact) mass is 357 g/mol. The molecule has 2 N–H and O–H groups in total. The fraction of sp³-hybridized carbons (Fsp3) is 0.0500. The smallest absolute Gasteiger partial charge is 0.255 e. The highest BCUT2D eigenvalue weighted by molar-refractivity contribution is 6.07. The summed E-state index contributed by atoms with van der Waals surface area (Å²) in [6.45, 7) is 0. The average molecular weight is 357 g/mol. The number of nitrogens with zero attached hydrogens (tertiary/aromatic N) is 3. The van der Waals surface area contributed by atoms with Gasteiger partial charge in [-0.2, -0.15) is 10.2 Å². The summed E-state index contributed by atoms with van der Waals surface area (Å²) in [4.78, 5) is 12.7. The number of aromatic amines is 1. The van der Waals surface area contributed by atoms with Crippen molar-refractivity contribution < 1.29 is 9.21 Å². The molecule has 0 aliphatic heterocycles. The summed E-state index contributed by atoms with van der Waals surface area (Å²) in [5, 5.41) is 16.3. The van der Waals surface area contributed by atoms with Crippen molar-refractivity contribution in [3.8, 4) is 11.3 Å². The van der Waals surface area contributed by atoms with Crippen molar-refractivity contribution in [2.75, 3.05) is 5.32 Å². The van der Waals surface area contributed by atoms with Crippen molar-refractivity contribution in [2.24, 2.45) is 7.05 Å². The van der Waals surface area contributed by atoms with Gasteiger partial charge in [-0.25, -0.2) is 0 Å². The van der Waals surface area contributed by atoms with Crippen LogP contribution in [0.1, 0.15) is 10.4 Å². The molecule has 0 spiro atoms. The Hall–Kier alpha value is -3.87. The molecule has 2 aromatic carbocycles. The van der Waals surface area contributed by atoms with E-state index in [4.69, 9.17) is 4.42 Å². The first-order valence-electron chi connectivity index (χ1n) is 8.43. The zero-order valence-electron chi connectivity index (χ0n) is 14.4. The molecule has 7 nitrogen and oxygen atoms in total. The van der Waals surface area contributed by atoms with Gasteiger partial charge >= 0.3 is 0 Å². The van der Waals surface area contributed by atoms with E-state index in [9.17, 15) is 4.79 Å². The number of hydrogen-bond donors (Lipinski definition) is 2. The molecule has 0 saturated heterocycles. The molecule has 0 bridgehead atoms. The normalized spacial score (nSPS) is 11.3. The lowest BCUT2D eigenvalue weighted by molar-refractivity contribution is 0.102. The van der Waals surface area contributed by atoms with E-state index in [1.54, 1.807) is 29.5 Å². The van der Waals surface area contributed by atoms with E-state index in [0.717, 1.165) is 33.1 Å². The third-order valence-corrected chi connectivity index (χ3v) is 4.62. The summed E-state index contributed by atoms with van der Waals surface area (Å²) in [6.07, 6.45) is 5.00. The third kappa shape index (κ3) is 2.56. The van der Waals surface area contributed by atoms with Crippen LogP contribution in [0.25, 0.3) is 33.1 Å². The van der Waals surface area contributed by atoms with E-state index in [0.29, 0.717) is 11.3 Å². The van der Waals surface area contributed by atoms with E-state index in [1.807, 2.05) is 43.4 Å². The van der Waals surface area contributed by atoms with Gasteiger partial charge < -0.3 is 9.73 Å². The number of aromatic nitrogens is 4. The lowest BCUT2D eigenvalue weighted by atomic mass is 10.1. The summed E-state index contributed by atoms with van der Waals surface area (Å²) in [6, 6.07) is 13.0. The highest BCUT2D eigenvalue weighted by Gasteiger charge is 2.12. The summed E-state index contributed by atoms with van der Waals surface area (Å²) < 4.78 is 6.93. The number of hydrogen-bond acceptors (Lipinski definition) is 4. The number of carbonyl (C=O) groups is 1. The second kappa shape index (κ2) is 5.84. The van der Waals surface area contributed by atoms with Crippen LogP contribution in [0.5, 0.6) is 0 Å². The van der Waals surface area contributed by atoms with Crippen molar-refractivity contribution >= 4 is 33.4 Å². The Morgan fingerprint density at radius 1 is 1.19 bits per heavy atom. The molecule has 0 radical (unpaired) electrons. The molecular formula is C20H15N5O2. The number of anilines is 1. The molecule has 27 heavy (non-hydrogen) atoms. The molecule has 0 aliphatic carbocycles. The van der Waals surface area contributed by atoms with Crippen molar-refractivity contribution in [3.63, 3.8) is 0 Å². The Bertz CT molecular complexity index is 1280. The molecule has 0 unspecified atom stereocenters. The van der Waals surface area contributed by atoms with E-state index in [2.05, 4.69) is 20.6 Å². The number of aryl methyl sites for hydroxylation is 1. The summed E-state index contributed by atoms with van der Waals surface area (Å²) in [5.74, 6) is -0.173.